The average Bonchev–Trinajstić information content (AvgIpc) is 3.22. The van der Waals surface area contributed by atoms with Crippen LogP contribution in [0.1, 0.15) is 36.0 Å². The van der Waals surface area contributed by atoms with Gasteiger partial charge in [0, 0.05) is 10.4 Å². The molecule has 0 fully saturated rings. The zero-order valence-electron chi connectivity index (χ0n) is 19.6. The van der Waals surface area contributed by atoms with E-state index >= 15 is 0 Å². The van der Waals surface area contributed by atoms with E-state index in [0.29, 0.717) is 29.3 Å². The first-order valence-electron chi connectivity index (χ1n) is 10.6. The summed E-state index contributed by atoms with van der Waals surface area (Å²) in [5.74, 6) is 0.483. The van der Waals surface area contributed by atoms with Crippen LogP contribution >= 0.6 is 11.3 Å². The Bertz CT molecular complexity index is 1090. The van der Waals surface area contributed by atoms with E-state index in [4.69, 9.17) is 14.9 Å². The van der Waals surface area contributed by atoms with E-state index in [1.54, 1.807) is 42.7 Å². The van der Waals surface area contributed by atoms with E-state index in [1.165, 1.54) is 4.88 Å². The molecule has 170 valence electrons. The van der Waals surface area contributed by atoms with Crippen LogP contribution in [-0.4, -0.2) is 21.3 Å². The quantitative estimate of drug-likeness (QED) is 0.296. The lowest BCUT2D eigenvalue weighted by molar-refractivity contribution is 0.102. The predicted octanol–water partition coefficient (Wildman–Crippen LogP) is 6.78. The molecule has 3 rings (SSSR count). The lowest BCUT2D eigenvalue weighted by atomic mass is 10.0. The SMILES string of the molecule is COc1ccc(C(=O)Nc2cc(-c3ccsc3CO[Si](C)(C)C(C)(C)C)ccc2N)cc1. The Morgan fingerprint density at radius 3 is 2.41 bits per heavy atom. The Labute approximate surface area is 195 Å². The number of ether oxygens (including phenoxy) is 1. The van der Waals surface area contributed by atoms with Gasteiger partial charge >= 0.3 is 0 Å². The summed E-state index contributed by atoms with van der Waals surface area (Å²) in [6, 6.07) is 14.8. The number of hydrogen-bond donors (Lipinski definition) is 2. The summed E-state index contributed by atoms with van der Waals surface area (Å²) in [6.07, 6.45) is 0. The number of nitrogens with two attached hydrogens (primary N) is 1. The molecule has 0 atom stereocenters. The molecule has 5 nitrogen and oxygen atoms in total. The maximum absolute atomic E-state index is 12.7. The van der Waals surface area contributed by atoms with E-state index in [0.717, 1.165) is 11.1 Å². The van der Waals surface area contributed by atoms with Gasteiger partial charge in [0.05, 0.1) is 25.1 Å². The third kappa shape index (κ3) is 5.41. The van der Waals surface area contributed by atoms with Crippen LogP contribution in [0, 0.1) is 0 Å². The van der Waals surface area contributed by atoms with Crippen molar-refractivity contribution in [3.63, 3.8) is 0 Å². The molecule has 1 amide bonds. The molecule has 0 aliphatic carbocycles. The summed E-state index contributed by atoms with van der Waals surface area (Å²) in [5.41, 5.74) is 9.91. The monoisotopic (exact) mass is 468 g/mol. The van der Waals surface area contributed by atoms with E-state index in [-0.39, 0.29) is 10.9 Å². The third-order valence-corrected chi connectivity index (χ3v) is 11.5. The van der Waals surface area contributed by atoms with Crippen LogP contribution in [0.25, 0.3) is 11.1 Å². The second-order valence-electron chi connectivity index (χ2n) is 9.29. The molecule has 1 aromatic heterocycles. The minimum absolute atomic E-state index is 0.157. The topological polar surface area (TPSA) is 73.6 Å². The first-order valence-corrected chi connectivity index (χ1v) is 14.4. The van der Waals surface area contributed by atoms with Crippen molar-refractivity contribution in [1.82, 2.24) is 0 Å². The Hall–Kier alpha value is -2.61. The molecule has 0 aliphatic heterocycles. The maximum Gasteiger partial charge on any atom is 0.255 e. The molecule has 3 aromatic rings. The molecule has 0 spiro atoms. The molecule has 2 aromatic carbocycles. The number of methoxy groups -OCH3 is 1. The van der Waals surface area contributed by atoms with Gasteiger partial charge in [-0.2, -0.15) is 0 Å². The van der Waals surface area contributed by atoms with Gasteiger partial charge in [-0.3, -0.25) is 4.79 Å². The second kappa shape index (κ2) is 9.48. The smallest absolute Gasteiger partial charge is 0.255 e. The highest BCUT2D eigenvalue weighted by atomic mass is 32.1. The highest BCUT2D eigenvalue weighted by Crippen LogP contribution is 2.39. The van der Waals surface area contributed by atoms with Gasteiger partial charge in [0.25, 0.3) is 5.91 Å². The summed E-state index contributed by atoms with van der Waals surface area (Å²) < 4.78 is 11.6. The maximum atomic E-state index is 12.7. The highest BCUT2D eigenvalue weighted by molar-refractivity contribution is 7.10. The van der Waals surface area contributed by atoms with Gasteiger partial charge in [-0.25, -0.2) is 0 Å². The number of benzene rings is 2. The zero-order chi connectivity index (χ0) is 23.5. The molecule has 0 aliphatic rings. The molecule has 1 heterocycles. The van der Waals surface area contributed by atoms with Crippen molar-refractivity contribution in [2.24, 2.45) is 0 Å². The molecular formula is C25H32N2O3SSi. The van der Waals surface area contributed by atoms with E-state index in [9.17, 15) is 4.79 Å². The molecule has 0 unspecified atom stereocenters. The lowest BCUT2D eigenvalue weighted by Crippen LogP contribution is -2.40. The number of hydrogen-bond acceptors (Lipinski definition) is 5. The number of carbonyl (C=O) groups excluding carboxylic acids is 1. The van der Waals surface area contributed by atoms with Crippen LogP contribution in [0.2, 0.25) is 18.1 Å². The van der Waals surface area contributed by atoms with E-state index in [2.05, 4.69) is 50.6 Å². The summed E-state index contributed by atoms with van der Waals surface area (Å²) in [7, 11) is -0.256. The molecule has 0 radical (unpaired) electrons. The summed E-state index contributed by atoms with van der Waals surface area (Å²) in [5, 5.41) is 5.17. The van der Waals surface area contributed by atoms with Gasteiger partial charge < -0.3 is 20.2 Å². The molecule has 0 saturated carbocycles. The number of anilines is 2. The van der Waals surface area contributed by atoms with Gasteiger partial charge in [-0.15, -0.1) is 11.3 Å². The standard InChI is InChI=1S/C25H32N2O3SSi/c1-25(2,3)32(5,6)30-16-23-20(13-14-31-23)18-9-12-21(26)22(15-18)27-24(28)17-7-10-19(29-4)11-8-17/h7-15H,16,26H2,1-6H3,(H,27,28). The largest absolute Gasteiger partial charge is 0.497 e. The van der Waals surface area contributed by atoms with Gasteiger partial charge in [0.2, 0.25) is 0 Å². The van der Waals surface area contributed by atoms with Crippen LogP contribution < -0.4 is 15.8 Å². The third-order valence-electron chi connectivity index (χ3n) is 6.08. The number of thiophene rings is 1. The number of rotatable bonds is 7. The fraction of sp³-hybridized carbons (Fsp3) is 0.320. The summed E-state index contributed by atoms with van der Waals surface area (Å²) >= 11 is 1.69. The second-order valence-corrected chi connectivity index (χ2v) is 15.1. The van der Waals surface area contributed by atoms with Crippen molar-refractivity contribution in [3.05, 3.63) is 64.4 Å². The van der Waals surface area contributed by atoms with Crippen LogP contribution in [0.4, 0.5) is 11.4 Å². The Morgan fingerprint density at radius 1 is 1.09 bits per heavy atom. The van der Waals surface area contributed by atoms with Crippen molar-refractivity contribution in [3.8, 4) is 16.9 Å². The molecule has 7 heteroatoms. The molecule has 32 heavy (non-hydrogen) atoms. The molecule has 3 N–H and O–H groups in total. The van der Waals surface area contributed by atoms with Gasteiger partial charge in [-0.1, -0.05) is 26.8 Å². The van der Waals surface area contributed by atoms with Crippen molar-refractivity contribution in [2.45, 2.75) is 45.5 Å². The fourth-order valence-electron chi connectivity index (χ4n) is 2.94. The van der Waals surface area contributed by atoms with Crippen molar-refractivity contribution in [1.29, 1.82) is 0 Å². The predicted molar refractivity (Wildman–Crippen MR) is 137 cm³/mol. The summed E-state index contributed by atoms with van der Waals surface area (Å²) in [6.45, 7) is 11.8. The van der Waals surface area contributed by atoms with E-state index in [1.807, 2.05) is 18.2 Å². The first kappa shape index (κ1) is 24.0. The van der Waals surface area contributed by atoms with Crippen molar-refractivity contribution >= 4 is 36.9 Å². The highest BCUT2D eigenvalue weighted by Gasteiger charge is 2.37. The zero-order valence-corrected chi connectivity index (χ0v) is 21.4. The lowest BCUT2D eigenvalue weighted by Gasteiger charge is -2.36. The number of nitrogen functional groups attached to an aromatic ring is 1. The fourth-order valence-corrected chi connectivity index (χ4v) is 4.79. The molecule has 0 bridgehead atoms. The van der Waals surface area contributed by atoms with Crippen LogP contribution in [0.5, 0.6) is 5.75 Å². The Balaban J connectivity index is 1.80. The minimum atomic E-state index is -1.85. The first-order chi connectivity index (χ1) is 15.0. The number of amides is 1. The minimum Gasteiger partial charge on any atom is -0.497 e. The Morgan fingerprint density at radius 2 is 1.78 bits per heavy atom. The van der Waals surface area contributed by atoms with Gasteiger partial charge in [0.15, 0.2) is 8.32 Å². The Kier molecular flexibility index (Phi) is 7.12. The van der Waals surface area contributed by atoms with Crippen LogP contribution in [0.3, 0.4) is 0 Å². The van der Waals surface area contributed by atoms with E-state index < -0.39 is 8.32 Å². The van der Waals surface area contributed by atoms with Crippen molar-refractivity contribution in [2.75, 3.05) is 18.2 Å². The van der Waals surface area contributed by atoms with Crippen molar-refractivity contribution < 1.29 is 14.0 Å². The van der Waals surface area contributed by atoms with Crippen LogP contribution in [-0.2, 0) is 11.0 Å². The molecular weight excluding hydrogens is 436 g/mol. The number of nitrogens with one attached hydrogen (secondary N) is 1. The van der Waals surface area contributed by atoms with Gasteiger partial charge in [0.1, 0.15) is 5.75 Å². The average molecular weight is 469 g/mol. The summed E-state index contributed by atoms with van der Waals surface area (Å²) in [4.78, 5) is 13.9. The van der Waals surface area contributed by atoms with Gasteiger partial charge in [-0.05, 0) is 77.1 Å². The molecule has 0 saturated heterocycles. The number of carbonyl (C=O) groups is 1. The van der Waals surface area contributed by atoms with Crippen LogP contribution in [0.15, 0.2) is 53.9 Å². The normalized spacial score (nSPS) is 11.9.